The summed E-state index contributed by atoms with van der Waals surface area (Å²) < 4.78 is 42.8. The molecular weight excluding hydrogens is 283 g/mol. The largest absolute Gasteiger partial charge is 0.469 e. The lowest BCUT2D eigenvalue weighted by Crippen LogP contribution is -2.06. The summed E-state index contributed by atoms with van der Waals surface area (Å²) in [6.45, 7) is 1.71. The molecule has 112 valence electrons. The number of nitrogens with zero attached hydrogens (tertiary/aromatic N) is 1. The van der Waals surface area contributed by atoms with Crippen molar-refractivity contribution in [1.29, 1.82) is 0 Å². The number of carbonyl (C=O) groups excluding carboxylic acids is 1. The van der Waals surface area contributed by atoms with Gasteiger partial charge >= 0.3 is 12.1 Å². The van der Waals surface area contributed by atoms with Crippen molar-refractivity contribution in [3.8, 4) is 0 Å². The van der Waals surface area contributed by atoms with Gasteiger partial charge in [-0.2, -0.15) is 13.2 Å². The number of aromatic nitrogens is 1. The zero-order valence-electron chi connectivity index (χ0n) is 11.6. The number of hydrogen-bond acceptors (Lipinski definition) is 3. The van der Waals surface area contributed by atoms with Crippen LogP contribution in [0.2, 0.25) is 0 Å². The summed E-state index contributed by atoms with van der Waals surface area (Å²) in [5.41, 5.74) is 0.954. The molecule has 0 aliphatic heterocycles. The fourth-order valence-corrected chi connectivity index (χ4v) is 2.17. The number of esters is 1. The van der Waals surface area contributed by atoms with Gasteiger partial charge in [-0.1, -0.05) is 6.07 Å². The molecule has 0 aliphatic carbocycles. The number of fused-ring (bicyclic) bond motifs is 1. The maximum absolute atomic E-state index is 12.7. The highest BCUT2D eigenvalue weighted by Gasteiger charge is 2.30. The molecule has 1 aromatic carbocycles. The van der Waals surface area contributed by atoms with Gasteiger partial charge in [0.1, 0.15) is 0 Å². The maximum atomic E-state index is 12.7. The van der Waals surface area contributed by atoms with Gasteiger partial charge in [0.15, 0.2) is 0 Å². The van der Waals surface area contributed by atoms with Crippen molar-refractivity contribution in [2.75, 3.05) is 7.11 Å². The number of hydrogen-bond donors (Lipinski definition) is 0. The minimum absolute atomic E-state index is 0.177. The topological polar surface area (TPSA) is 39.2 Å². The van der Waals surface area contributed by atoms with Crippen LogP contribution in [-0.4, -0.2) is 18.1 Å². The van der Waals surface area contributed by atoms with Crippen molar-refractivity contribution >= 4 is 16.9 Å². The van der Waals surface area contributed by atoms with Gasteiger partial charge in [-0.3, -0.25) is 9.78 Å². The number of pyridine rings is 1. The summed E-state index contributed by atoms with van der Waals surface area (Å²) in [6.07, 6.45) is -3.82. The molecule has 2 rings (SSSR count). The predicted octanol–water partition coefficient (Wildman–Crippen LogP) is 3.67. The third kappa shape index (κ3) is 3.51. The fraction of sp³-hybridized carbons (Fsp3) is 0.333. The highest BCUT2D eigenvalue weighted by atomic mass is 19.4. The summed E-state index contributed by atoms with van der Waals surface area (Å²) >= 11 is 0. The zero-order chi connectivity index (χ0) is 15.6. The van der Waals surface area contributed by atoms with Crippen LogP contribution in [0.5, 0.6) is 0 Å². The van der Waals surface area contributed by atoms with Crippen LogP contribution in [-0.2, 0) is 22.1 Å². The lowest BCUT2D eigenvalue weighted by Gasteiger charge is -2.11. The van der Waals surface area contributed by atoms with E-state index in [1.807, 2.05) is 0 Å². The van der Waals surface area contributed by atoms with Crippen molar-refractivity contribution in [1.82, 2.24) is 4.98 Å². The first-order valence-corrected chi connectivity index (χ1v) is 6.35. The number of benzene rings is 1. The van der Waals surface area contributed by atoms with Gasteiger partial charge in [0.05, 0.1) is 18.2 Å². The van der Waals surface area contributed by atoms with E-state index in [1.54, 1.807) is 13.0 Å². The van der Waals surface area contributed by atoms with E-state index in [9.17, 15) is 18.0 Å². The van der Waals surface area contributed by atoms with Gasteiger partial charge in [0.25, 0.3) is 0 Å². The van der Waals surface area contributed by atoms with E-state index in [2.05, 4.69) is 9.72 Å². The number of halogens is 3. The minimum Gasteiger partial charge on any atom is -0.469 e. The number of rotatable bonds is 3. The molecule has 1 heterocycles. The van der Waals surface area contributed by atoms with E-state index in [4.69, 9.17) is 0 Å². The Labute approximate surface area is 119 Å². The monoisotopic (exact) mass is 297 g/mol. The molecule has 0 amide bonds. The van der Waals surface area contributed by atoms with Crippen molar-refractivity contribution in [3.63, 3.8) is 0 Å². The average molecular weight is 297 g/mol. The molecule has 0 saturated heterocycles. The van der Waals surface area contributed by atoms with Crippen LogP contribution in [0.3, 0.4) is 0 Å². The summed E-state index contributed by atoms with van der Waals surface area (Å²) in [5.74, 6) is -0.357. The molecule has 0 bridgehead atoms. The summed E-state index contributed by atoms with van der Waals surface area (Å²) in [7, 11) is 1.30. The van der Waals surface area contributed by atoms with Crippen molar-refractivity contribution < 1.29 is 22.7 Å². The third-order valence-electron chi connectivity index (χ3n) is 3.18. The second-order valence-corrected chi connectivity index (χ2v) is 4.73. The third-order valence-corrected chi connectivity index (χ3v) is 3.18. The van der Waals surface area contributed by atoms with Crippen LogP contribution < -0.4 is 0 Å². The molecule has 21 heavy (non-hydrogen) atoms. The van der Waals surface area contributed by atoms with E-state index >= 15 is 0 Å². The first-order chi connectivity index (χ1) is 9.81. The molecule has 0 spiro atoms. The normalized spacial score (nSPS) is 11.7. The number of ether oxygens (including phenoxy) is 1. The minimum atomic E-state index is -4.40. The molecule has 1 aromatic heterocycles. The molecule has 0 fully saturated rings. The van der Waals surface area contributed by atoms with Gasteiger partial charge < -0.3 is 4.74 Å². The maximum Gasteiger partial charge on any atom is 0.416 e. The summed E-state index contributed by atoms with van der Waals surface area (Å²) in [5, 5.41) is 0.623. The molecule has 0 unspecified atom stereocenters. The van der Waals surface area contributed by atoms with Gasteiger partial charge in [-0.15, -0.1) is 0 Å². The van der Waals surface area contributed by atoms with Gasteiger partial charge in [0, 0.05) is 17.5 Å². The number of alkyl halides is 3. The lowest BCUT2D eigenvalue weighted by atomic mass is 10.0. The quantitative estimate of drug-likeness (QED) is 0.811. The van der Waals surface area contributed by atoms with Crippen molar-refractivity contribution in [3.05, 3.63) is 41.1 Å². The Balaban J connectivity index is 2.45. The zero-order valence-corrected chi connectivity index (χ0v) is 11.6. The molecule has 0 atom stereocenters. The molecular formula is C15H14F3NO2. The van der Waals surface area contributed by atoms with E-state index in [0.29, 0.717) is 17.5 Å². The predicted molar refractivity (Wildman–Crippen MR) is 71.8 cm³/mol. The second-order valence-electron chi connectivity index (χ2n) is 4.73. The van der Waals surface area contributed by atoms with Crippen LogP contribution in [0.15, 0.2) is 24.3 Å². The van der Waals surface area contributed by atoms with Gasteiger partial charge in [-0.25, -0.2) is 0 Å². The Morgan fingerprint density at radius 2 is 2.00 bits per heavy atom. The van der Waals surface area contributed by atoms with E-state index in [0.717, 1.165) is 17.7 Å². The number of carbonyl (C=O) groups is 1. The highest BCUT2D eigenvalue weighted by molar-refractivity contribution is 5.83. The number of aryl methyl sites for hydroxylation is 2. The molecule has 0 radical (unpaired) electrons. The first kappa shape index (κ1) is 15.3. The lowest BCUT2D eigenvalue weighted by molar-refractivity contribution is -0.140. The molecule has 2 aromatic rings. The van der Waals surface area contributed by atoms with Crippen molar-refractivity contribution in [2.24, 2.45) is 0 Å². The average Bonchev–Trinajstić information content (AvgIpc) is 2.42. The Hall–Kier alpha value is -2.11. The molecule has 3 nitrogen and oxygen atoms in total. The van der Waals surface area contributed by atoms with Gasteiger partial charge in [-0.05, 0) is 37.1 Å². The van der Waals surface area contributed by atoms with Gasteiger partial charge in [0.2, 0.25) is 0 Å². The van der Waals surface area contributed by atoms with E-state index < -0.39 is 11.7 Å². The smallest absolute Gasteiger partial charge is 0.416 e. The molecule has 6 heteroatoms. The van der Waals surface area contributed by atoms with Crippen molar-refractivity contribution in [2.45, 2.75) is 25.9 Å². The molecule has 0 saturated carbocycles. The van der Waals surface area contributed by atoms with E-state index in [1.165, 1.54) is 13.2 Å². The Bertz CT molecular complexity index is 680. The van der Waals surface area contributed by atoms with Crippen LogP contribution >= 0.6 is 0 Å². The second kappa shape index (κ2) is 5.71. The molecule has 0 N–H and O–H groups in total. The Morgan fingerprint density at radius 3 is 2.62 bits per heavy atom. The SMILES string of the molecule is COC(=O)CCc1cc(C)nc2cc(C(F)(F)F)ccc12. The highest BCUT2D eigenvalue weighted by Crippen LogP contribution is 2.32. The Kier molecular flexibility index (Phi) is 4.16. The van der Waals surface area contributed by atoms with Crippen LogP contribution in [0, 0.1) is 6.92 Å². The summed E-state index contributed by atoms with van der Waals surface area (Å²) in [4.78, 5) is 15.3. The standard InChI is InChI=1S/C15H14F3NO2/c1-9-7-10(3-6-14(20)21-2)12-5-4-11(15(16,17)18)8-13(12)19-9/h4-5,7-8H,3,6H2,1-2H3. The fourth-order valence-electron chi connectivity index (χ4n) is 2.17. The summed E-state index contributed by atoms with van der Waals surface area (Å²) in [6, 6.07) is 5.24. The number of methoxy groups -OCH3 is 1. The van der Waals surface area contributed by atoms with E-state index in [-0.39, 0.29) is 17.9 Å². The molecule has 0 aliphatic rings. The van der Waals surface area contributed by atoms with Crippen LogP contribution in [0.4, 0.5) is 13.2 Å². The van der Waals surface area contributed by atoms with Crippen LogP contribution in [0.25, 0.3) is 10.9 Å². The Morgan fingerprint density at radius 1 is 1.29 bits per heavy atom. The van der Waals surface area contributed by atoms with Crippen LogP contribution in [0.1, 0.15) is 23.2 Å². The first-order valence-electron chi connectivity index (χ1n) is 6.35.